The van der Waals surface area contributed by atoms with Crippen LogP contribution in [0.1, 0.15) is 51.3 Å². The number of rotatable bonds is 5. The van der Waals surface area contributed by atoms with Gasteiger partial charge in [0.2, 0.25) is 5.76 Å². The Hall–Kier alpha value is -3.57. The third kappa shape index (κ3) is 3.66. The van der Waals surface area contributed by atoms with Gasteiger partial charge in [-0.25, -0.2) is 0 Å². The number of benzene rings is 3. The minimum atomic E-state index is -0.625. The van der Waals surface area contributed by atoms with E-state index >= 15 is 0 Å². The molecule has 5 rings (SSSR count). The van der Waals surface area contributed by atoms with Crippen LogP contribution in [0.15, 0.2) is 69.9 Å². The molecule has 1 aliphatic heterocycles. The predicted molar refractivity (Wildman–Crippen MR) is 133 cm³/mol. The average molecular weight is 474 g/mol. The van der Waals surface area contributed by atoms with Gasteiger partial charge in [0.05, 0.1) is 23.6 Å². The SMILES string of the molecule is CCOc1cccc(C2c3c(oc4cc(C)cc(C)c4c3=O)C(=O)N2Cc2ccccc2Cl)c1. The van der Waals surface area contributed by atoms with E-state index in [1.54, 1.807) is 17.0 Å². The number of halogens is 1. The molecule has 0 fully saturated rings. The summed E-state index contributed by atoms with van der Waals surface area (Å²) >= 11 is 6.43. The molecule has 1 aromatic heterocycles. The molecule has 0 N–H and O–H groups in total. The number of hydrogen-bond acceptors (Lipinski definition) is 4. The molecule has 172 valence electrons. The molecule has 0 bridgehead atoms. The topological polar surface area (TPSA) is 59.8 Å². The molecule has 5 nitrogen and oxygen atoms in total. The highest BCUT2D eigenvalue weighted by Gasteiger charge is 2.43. The van der Waals surface area contributed by atoms with E-state index in [9.17, 15) is 9.59 Å². The molecule has 4 aromatic rings. The van der Waals surface area contributed by atoms with Crippen LogP contribution in [-0.2, 0) is 6.54 Å². The van der Waals surface area contributed by atoms with Crippen LogP contribution in [0, 0.1) is 13.8 Å². The van der Waals surface area contributed by atoms with Gasteiger partial charge in [-0.15, -0.1) is 0 Å². The third-order valence-corrected chi connectivity index (χ3v) is 6.56. The van der Waals surface area contributed by atoms with Crippen molar-refractivity contribution in [3.05, 3.63) is 109 Å². The summed E-state index contributed by atoms with van der Waals surface area (Å²) in [5, 5.41) is 1.06. The lowest BCUT2D eigenvalue weighted by Crippen LogP contribution is -2.29. The molecule has 0 saturated carbocycles. The molecule has 34 heavy (non-hydrogen) atoms. The normalized spacial score (nSPS) is 15.1. The quantitative estimate of drug-likeness (QED) is 0.346. The minimum absolute atomic E-state index is 0.0846. The predicted octanol–water partition coefficient (Wildman–Crippen LogP) is 6.21. The standard InChI is InChI=1S/C28H24ClNO4/c1-4-33-20-10-7-9-18(14-20)25-24-26(31)23-17(3)12-16(2)13-22(23)34-27(24)28(32)30(25)15-19-8-5-6-11-21(19)29/h5-14,25H,4,15H2,1-3H3. The fourth-order valence-corrected chi connectivity index (χ4v) is 4.97. The molecule has 0 saturated heterocycles. The maximum Gasteiger partial charge on any atom is 0.291 e. The van der Waals surface area contributed by atoms with Crippen LogP contribution in [0.3, 0.4) is 0 Å². The van der Waals surface area contributed by atoms with Crippen LogP contribution in [0.25, 0.3) is 11.0 Å². The minimum Gasteiger partial charge on any atom is -0.494 e. The molecular weight excluding hydrogens is 450 g/mol. The summed E-state index contributed by atoms with van der Waals surface area (Å²) in [7, 11) is 0. The molecule has 1 atom stereocenters. The van der Waals surface area contributed by atoms with E-state index in [4.69, 9.17) is 20.8 Å². The molecule has 0 spiro atoms. The summed E-state index contributed by atoms with van der Waals surface area (Å²) in [4.78, 5) is 29.2. The molecule has 1 amide bonds. The average Bonchev–Trinajstić information content (AvgIpc) is 3.07. The van der Waals surface area contributed by atoms with Crippen molar-refractivity contribution in [2.24, 2.45) is 0 Å². The van der Waals surface area contributed by atoms with Gasteiger partial charge < -0.3 is 14.1 Å². The first-order valence-electron chi connectivity index (χ1n) is 11.2. The lowest BCUT2D eigenvalue weighted by atomic mass is 9.96. The summed E-state index contributed by atoms with van der Waals surface area (Å²) in [5.41, 5.74) is 3.95. The summed E-state index contributed by atoms with van der Waals surface area (Å²) in [5.74, 6) is 0.428. The van der Waals surface area contributed by atoms with Gasteiger partial charge in [0.15, 0.2) is 5.43 Å². The van der Waals surface area contributed by atoms with Crippen molar-refractivity contribution in [1.29, 1.82) is 0 Å². The van der Waals surface area contributed by atoms with Gasteiger partial charge in [0.1, 0.15) is 11.3 Å². The fourth-order valence-electron chi connectivity index (χ4n) is 4.77. The second-order valence-electron chi connectivity index (χ2n) is 8.56. The number of amides is 1. The van der Waals surface area contributed by atoms with E-state index in [-0.39, 0.29) is 23.6 Å². The maximum absolute atomic E-state index is 13.9. The Bertz CT molecular complexity index is 1490. The Morgan fingerprint density at radius 1 is 1.03 bits per heavy atom. The number of aryl methyl sites for hydroxylation is 2. The van der Waals surface area contributed by atoms with Crippen LogP contribution in [-0.4, -0.2) is 17.4 Å². The van der Waals surface area contributed by atoms with Crippen LogP contribution >= 0.6 is 11.6 Å². The van der Waals surface area contributed by atoms with E-state index in [0.29, 0.717) is 33.9 Å². The molecule has 0 radical (unpaired) electrons. The van der Waals surface area contributed by atoms with Gasteiger partial charge in [-0.05, 0) is 67.3 Å². The Labute approximate surface area is 202 Å². The highest BCUT2D eigenvalue weighted by Crippen LogP contribution is 2.40. The van der Waals surface area contributed by atoms with Gasteiger partial charge in [0, 0.05) is 11.6 Å². The summed E-state index contributed by atoms with van der Waals surface area (Å²) < 4.78 is 11.8. The monoisotopic (exact) mass is 473 g/mol. The van der Waals surface area contributed by atoms with Crippen molar-refractivity contribution in [1.82, 2.24) is 4.90 Å². The molecular formula is C28H24ClNO4. The lowest BCUT2D eigenvalue weighted by molar-refractivity contribution is 0.0714. The first kappa shape index (κ1) is 22.2. The van der Waals surface area contributed by atoms with E-state index in [1.807, 2.05) is 69.3 Å². The molecule has 6 heteroatoms. The molecule has 1 unspecified atom stereocenters. The summed E-state index contributed by atoms with van der Waals surface area (Å²) in [6, 6.07) is 18.0. The second kappa shape index (κ2) is 8.65. The van der Waals surface area contributed by atoms with Gasteiger partial charge in [-0.1, -0.05) is 48.0 Å². The third-order valence-electron chi connectivity index (χ3n) is 6.20. The number of ether oxygens (including phenoxy) is 1. The van der Waals surface area contributed by atoms with Crippen molar-refractivity contribution in [2.45, 2.75) is 33.4 Å². The van der Waals surface area contributed by atoms with E-state index < -0.39 is 6.04 Å². The maximum atomic E-state index is 13.9. The van der Waals surface area contributed by atoms with E-state index in [1.165, 1.54) is 0 Å². The number of fused-ring (bicyclic) bond motifs is 2. The van der Waals surface area contributed by atoms with Crippen molar-refractivity contribution < 1.29 is 13.9 Å². The molecule has 2 heterocycles. The van der Waals surface area contributed by atoms with Crippen LogP contribution in [0.2, 0.25) is 5.02 Å². The van der Waals surface area contributed by atoms with Gasteiger partial charge in [-0.3, -0.25) is 9.59 Å². The van der Waals surface area contributed by atoms with Crippen molar-refractivity contribution in [2.75, 3.05) is 6.61 Å². The molecule has 3 aromatic carbocycles. The van der Waals surface area contributed by atoms with Crippen LogP contribution in [0.5, 0.6) is 5.75 Å². The highest BCUT2D eigenvalue weighted by atomic mass is 35.5. The van der Waals surface area contributed by atoms with Crippen LogP contribution in [0.4, 0.5) is 0 Å². The smallest absolute Gasteiger partial charge is 0.291 e. The second-order valence-corrected chi connectivity index (χ2v) is 8.97. The first-order valence-corrected chi connectivity index (χ1v) is 11.6. The zero-order valence-corrected chi connectivity index (χ0v) is 20.0. The van der Waals surface area contributed by atoms with Gasteiger partial charge >= 0.3 is 0 Å². The van der Waals surface area contributed by atoms with Gasteiger partial charge in [-0.2, -0.15) is 0 Å². The van der Waals surface area contributed by atoms with Crippen molar-refractivity contribution in [3.8, 4) is 5.75 Å². The first-order chi connectivity index (χ1) is 16.4. The molecule has 1 aliphatic rings. The van der Waals surface area contributed by atoms with Crippen molar-refractivity contribution >= 4 is 28.5 Å². The Balaban J connectivity index is 1.75. The highest BCUT2D eigenvalue weighted by molar-refractivity contribution is 6.31. The Kier molecular flexibility index (Phi) is 5.66. The largest absolute Gasteiger partial charge is 0.494 e. The lowest BCUT2D eigenvalue weighted by Gasteiger charge is -2.26. The fraction of sp³-hybridized carbons (Fsp3) is 0.214. The molecule has 0 aliphatic carbocycles. The zero-order valence-electron chi connectivity index (χ0n) is 19.2. The number of nitrogens with zero attached hydrogens (tertiary/aromatic N) is 1. The van der Waals surface area contributed by atoms with Gasteiger partial charge in [0.25, 0.3) is 5.91 Å². The summed E-state index contributed by atoms with van der Waals surface area (Å²) in [6.07, 6.45) is 0. The summed E-state index contributed by atoms with van der Waals surface area (Å²) in [6.45, 7) is 6.49. The number of carbonyl (C=O) groups excluding carboxylic acids is 1. The Morgan fingerprint density at radius 3 is 2.59 bits per heavy atom. The van der Waals surface area contributed by atoms with Crippen LogP contribution < -0.4 is 10.2 Å². The zero-order chi connectivity index (χ0) is 24.0. The van der Waals surface area contributed by atoms with Crippen molar-refractivity contribution in [3.63, 3.8) is 0 Å². The van der Waals surface area contributed by atoms with E-state index in [2.05, 4.69) is 0 Å². The Morgan fingerprint density at radius 2 is 1.82 bits per heavy atom. The van der Waals surface area contributed by atoms with E-state index in [0.717, 1.165) is 22.3 Å². The number of carbonyl (C=O) groups is 1. The number of hydrogen-bond donors (Lipinski definition) is 0.